The number of ether oxygens (including phenoxy) is 1. The Morgan fingerprint density at radius 3 is 2.27 bits per heavy atom. The zero-order valence-electron chi connectivity index (χ0n) is 16.6. The van der Waals surface area contributed by atoms with Gasteiger partial charge in [-0.05, 0) is 54.1 Å². The zero-order chi connectivity index (χ0) is 21.3. The van der Waals surface area contributed by atoms with E-state index >= 15 is 0 Å². The van der Waals surface area contributed by atoms with Gasteiger partial charge in [-0.1, -0.05) is 12.1 Å². The third-order valence-electron chi connectivity index (χ3n) is 5.13. The third-order valence-corrected chi connectivity index (χ3v) is 5.13. The molecule has 2 unspecified atom stereocenters. The number of nitrogens with zero attached hydrogens (tertiary/aromatic N) is 2. The van der Waals surface area contributed by atoms with Crippen molar-refractivity contribution in [1.82, 2.24) is 0 Å². The second kappa shape index (κ2) is 7.87. The summed E-state index contributed by atoms with van der Waals surface area (Å²) in [5.74, 6) is 0.420. The molecule has 1 heterocycles. The lowest BCUT2D eigenvalue weighted by molar-refractivity contribution is -0.384. The Morgan fingerprint density at radius 2 is 1.63 bits per heavy atom. The molecule has 0 fully saturated rings. The van der Waals surface area contributed by atoms with Crippen molar-refractivity contribution < 1.29 is 14.5 Å². The maximum absolute atomic E-state index is 13.3. The molecule has 1 aliphatic heterocycles. The first kappa shape index (κ1) is 19.4. The van der Waals surface area contributed by atoms with Gasteiger partial charge in [0.15, 0.2) is 11.9 Å². The highest BCUT2D eigenvalue weighted by Crippen LogP contribution is 2.37. The van der Waals surface area contributed by atoms with Crippen LogP contribution >= 0.6 is 0 Å². The predicted octanol–water partition coefficient (Wildman–Crippen LogP) is 4.46. The van der Waals surface area contributed by atoms with Crippen LogP contribution in [0.2, 0.25) is 0 Å². The van der Waals surface area contributed by atoms with Crippen molar-refractivity contribution in [1.29, 1.82) is 0 Å². The molecule has 4 rings (SSSR count). The molecule has 1 aliphatic rings. The number of hydrogen-bond donors (Lipinski definition) is 1. The number of para-hydroxylation sites is 1. The summed E-state index contributed by atoms with van der Waals surface area (Å²) in [6.45, 7) is 0. The Balaban J connectivity index is 1.69. The highest BCUT2D eigenvalue weighted by molar-refractivity contribution is 6.05. The molecule has 0 amide bonds. The average molecular weight is 403 g/mol. The first-order chi connectivity index (χ1) is 14.4. The molecule has 7 nitrogen and oxygen atoms in total. The Hall–Kier alpha value is -3.87. The van der Waals surface area contributed by atoms with E-state index in [9.17, 15) is 14.9 Å². The van der Waals surface area contributed by atoms with Gasteiger partial charge in [-0.2, -0.15) is 0 Å². The minimum Gasteiger partial charge on any atom is -0.482 e. The monoisotopic (exact) mass is 403 g/mol. The van der Waals surface area contributed by atoms with Crippen molar-refractivity contribution >= 4 is 22.8 Å². The van der Waals surface area contributed by atoms with Crippen LogP contribution in [0.3, 0.4) is 0 Å². The third kappa shape index (κ3) is 3.69. The van der Waals surface area contributed by atoms with Crippen LogP contribution in [-0.2, 0) is 0 Å². The number of benzene rings is 3. The molecule has 0 saturated carbocycles. The molecule has 30 heavy (non-hydrogen) atoms. The normalized spacial score (nSPS) is 17.6. The lowest BCUT2D eigenvalue weighted by atomic mass is 9.91. The SMILES string of the molecule is CN(C)c1ccc(NC2C(=O)c3ccccc3OC2c2ccc([N+](=O)[O-])cc2)cc1. The van der Waals surface area contributed by atoms with E-state index in [1.165, 1.54) is 12.1 Å². The van der Waals surface area contributed by atoms with E-state index in [0.717, 1.165) is 11.4 Å². The molecule has 0 bridgehead atoms. The van der Waals surface area contributed by atoms with Gasteiger partial charge in [-0.3, -0.25) is 14.9 Å². The van der Waals surface area contributed by atoms with Crippen molar-refractivity contribution in [2.75, 3.05) is 24.3 Å². The van der Waals surface area contributed by atoms with Gasteiger partial charge in [0, 0.05) is 37.6 Å². The van der Waals surface area contributed by atoms with Gasteiger partial charge in [0.25, 0.3) is 5.69 Å². The summed E-state index contributed by atoms with van der Waals surface area (Å²) >= 11 is 0. The van der Waals surface area contributed by atoms with Crippen molar-refractivity contribution in [3.8, 4) is 5.75 Å². The number of non-ortho nitro benzene ring substituents is 1. The zero-order valence-corrected chi connectivity index (χ0v) is 16.6. The summed E-state index contributed by atoms with van der Waals surface area (Å²) in [5.41, 5.74) is 3.02. The number of rotatable bonds is 5. The van der Waals surface area contributed by atoms with Crippen LogP contribution in [0.25, 0.3) is 0 Å². The minimum absolute atomic E-state index is 0.00919. The van der Waals surface area contributed by atoms with Gasteiger partial charge in [0.2, 0.25) is 0 Å². The van der Waals surface area contributed by atoms with Gasteiger partial charge in [0.1, 0.15) is 11.8 Å². The topological polar surface area (TPSA) is 84.7 Å². The fourth-order valence-corrected chi connectivity index (χ4v) is 3.51. The number of carbonyl (C=O) groups is 1. The number of fused-ring (bicyclic) bond motifs is 1. The summed E-state index contributed by atoms with van der Waals surface area (Å²) in [7, 11) is 3.92. The van der Waals surface area contributed by atoms with Crippen LogP contribution in [0.4, 0.5) is 17.1 Å². The Morgan fingerprint density at radius 1 is 0.967 bits per heavy atom. The van der Waals surface area contributed by atoms with Crippen LogP contribution in [0, 0.1) is 10.1 Å². The summed E-state index contributed by atoms with van der Waals surface area (Å²) in [6, 6.07) is 20.3. The number of nitro groups is 1. The molecule has 0 radical (unpaired) electrons. The van der Waals surface area contributed by atoms with Crippen molar-refractivity contribution in [2.24, 2.45) is 0 Å². The fraction of sp³-hybridized carbons (Fsp3) is 0.174. The highest BCUT2D eigenvalue weighted by Gasteiger charge is 2.38. The number of nitrogens with one attached hydrogen (secondary N) is 1. The summed E-state index contributed by atoms with van der Waals surface area (Å²) in [5, 5.41) is 14.3. The van der Waals surface area contributed by atoms with Crippen LogP contribution < -0.4 is 15.0 Å². The second-order valence-corrected chi connectivity index (χ2v) is 7.31. The van der Waals surface area contributed by atoms with E-state index in [-0.39, 0.29) is 11.5 Å². The molecular formula is C23H21N3O4. The number of anilines is 2. The molecule has 3 aromatic rings. The standard InChI is InChI=1S/C23H21N3O4/c1-25(2)17-13-9-16(10-14-17)24-21-22(27)19-5-3-4-6-20(19)30-23(21)15-7-11-18(12-8-15)26(28)29/h3-14,21,23-24H,1-2H3. The van der Waals surface area contributed by atoms with E-state index in [1.54, 1.807) is 30.3 Å². The predicted molar refractivity (Wildman–Crippen MR) is 115 cm³/mol. The maximum Gasteiger partial charge on any atom is 0.269 e. The van der Waals surface area contributed by atoms with Crippen LogP contribution in [0.5, 0.6) is 5.75 Å². The molecule has 152 valence electrons. The fourth-order valence-electron chi connectivity index (χ4n) is 3.51. The Labute approximate surface area is 174 Å². The molecule has 1 N–H and O–H groups in total. The van der Waals surface area contributed by atoms with Gasteiger partial charge < -0.3 is 15.0 Å². The summed E-state index contributed by atoms with van der Waals surface area (Å²) in [4.78, 5) is 25.8. The number of nitro benzene ring substituents is 1. The molecule has 3 aromatic carbocycles. The Kier molecular flexibility index (Phi) is 5.10. The van der Waals surface area contributed by atoms with Gasteiger partial charge in [-0.25, -0.2) is 0 Å². The number of hydrogen-bond acceptors (Lipinski definition) is 6. The lowest BCUT2D eigenvalue weighted by Crippen LogP contribution is -2.42. The van der Waals surface area contributed by atoms with Crippen LogP contribution in [0.15, 0.2) is 72.8 Å². The first-order valence-corrected chi connectivity index (χ1v) is 9.52. The van der Waals surface area contributed by atoms with E-state index in [0.29, 0.717) is 16.9 Å². The Bertz CT molecular complexity index is 1080. The van der Waals surface area contributed by atoms with Gasteiger partial charge >= 0.3 is 0 Å². The largest absolute Gasteiger partial charge is 0.482 e. The molecular weight excluding hydrogens is 382 g/mol. The summed E-state index contributed by atoms with van der Waals surface area (Å²) in [6.07, 6.45) is -0.623. The van der Waals surface area contributed by atoms with Crippen molar-refractivity contribution in [2.45, 2.75) is 12.1 Å². The molecule has 0 aliphatic carbocycles. The first-order valence-electron chi connectivity index (χ1n) is 9.52. The maximum atomic E-state index is 13.3. The lowest BCUT2D eigenvalue weighted by Gasteiger charge is -2.34. The summed E-state index contributed by atoms with van der Waals surface area (Å²) < 4.78 is 6.17. The van der Waals surface area contributed by atoms with Gasteiger partial charge in [-0.15, -0.1) is 0 Å². The van der Waals surface area contributed by atoms with E-state index in [1.807, 2.05) is 49.3 Å². The van der Waals surface area contributed by atoms with Crippen LogP contribution in [0.1, 0.15) is 22.0 Å². The molecule has 7 heteroatoms. The van der Waals surface area contributed by atoms with E-state index in [2.05, 4.69) is 5.32 Å². The highest BCUT2D eigenvalue weighted by atomic mass is 16.6. The van der Waals surface area contributed by atoms with Crippen molar-refractivity contribution in [3.63, 3.8) is 0 Å². The van der Waals surface area contributed by atoms with Crippen molar-refractivity contribution in [3.05, 3.63) is 94.0 Å². The van der Waals surface area contributed by atoms with E-state index < -0.39 is 17.1 Å². The number of Topliss-reactive ketones (excluding diaryl/α,β-unsaturated/α-hetero) is 1. The van der Waals surface area contributed by atoms with Gasteiger partial charge in [0.05, 0.1) is 10.5 Å². The minimum atomic E-state index is -0.674. The number of ketones is 1. The second-order valence-electron chi connectivity index (χ2n) is 7.31. The molecule has 0 spiro atoms. The molecule has 2 atom stereocenters. The average Bonchev–Trinajstić information content (AvgIpc) is 2.76. The number of carbonyl (C=O) groups excluding carboxylic acids is 1. The van der Waals surface area contributed by atoms with E-state index in [4.69, 9.17) is 4.74 Å². The molecule has 0 aromatic heterocycles. The smallest absolute Gasteiger partial charge is 0.269 e. The molecule has 0 saturated heterocycles. The van der Waals surface area contributed by atoms with Crippen LogP contribution in [-0.4, -0.2) is 30.8 Å². The quantitative estimate of drug-likeness (QED) is 0.500.